The van der Waals surface area contributed by atoms with Gasteiger partial charge in [0.15, 0.2) is 0 Å². The van der Waals surface area contributed by atoms with E-state index in [2.05, 4.69) is 0 Å². The van der Waals surface area contributed by atoms with Crippen molar-refractivity contribution >= 4 is 11.6 Å². The first-order valence-electron chi connectivity index (χ1n) is 3.61. The van der Waals surface area contributed by atoms with E-state index in [0.29, 0.717) is 10.6 Å². The third-order valence-electron chi connectivity index (χ3n) is 1.68. The first-order chi connectivity index (χ1) is 5.29. The van der Waals surface area contributed by atoms with Gasteiger partial charge >= 0.3 is 0 Å². The van der Waals surface area contributed by atoms with E-state index in [1.807, 2.05) is 19.1 Å². The molecule has 0 amide bonds. The Morgan fingerprint density at radius 2 is 2.00 bits per heavy atom. The molecule has 11 heavy (non-hydrogen) atoms. The molecular weight excluding hydrogens is 163 g/mol. The molecule has 0 heterocycles. The standard InChI is InChI=1S/C9H10ClF/c1-2-7-4-3-5-8(6-11)9(7)10/h3-5H,2,6H2,1H3. The number of halogens is 2. The minimum atomic E-state index is -0.479. The lowest BCUT2D eigenvalue weighted by atomic mass is 10.1. The van der Waals surface area contributed by atoms with Crippen LogP contribution in [0.3, 0.4) is 0 Å². The quantitative estimate of drug-likeness (QED) is 0.642. The molecule has 0 aliphatic heterocycles. The molecule has 0 unspecified atom stereocenters. The molecule has 60 valence electrons. The maximum absolute atomic E-state index is 12.2. The van der Waals surface area contributed by atoms with Crippen molar-refractivity contribution in [3.05, 3.63) is 34.3 Å². The molecule has 1 rings (SSSR count). The second kappa shape index (κ2) is 3.72. The number of benzene rings is 1. The van der Waals surface area contributed by atoms with Gasteiger partial charge in [0.05, 0.1) is 0 Å². The van der Waals surface area contributed by atoms with Crippen LogP contribution in [-0.4, -0.2) is 0 Å². The Morgan fingerprint density at radius 1 is 1.36 bits per heavy atom. The summed E-state index contributed by atoms with van der Waals surface area (Å²) in [5, 5.41) is 0.581. The van der Waals surface area contributed by atoms with Crippen LogP contribution in [-0.2, 0) is 13.1 Å². The van der Waals surface area contributed by atoms with E-state index < -0.39 is 6.67 Å². The largest absolute Gasteiger partial charge is 0.246 e. The van der Waals surface area contributed by atoms with E-state index >= 15 is 0 Å². The highest BCUT2D eigenvalue weighted by Gasteiger charge is 2.02. The van der Waals surface area contributed by atoms with Gasteiger partial charge in [0.2, 0.25) is 0 Å². The van der Waals surface area contributed by atoms with Gasteiger partial charge in [-0.05, 0) is 12.0 Å². The lowest BCUT2D eigenvalue weighted by Crippen LogP contribution is -1.87. The lowest BCUT2D eigenvalue weighted by Gasteiger charge is -2.03. The van der Waals surface area contributed by atoms with Crippen LogP contribution in [0.5, 0.6) is 0 Å². The highest BCUT2D eigenvalue weighted by atomic mass is 35.5. The first kappa shape index (κ1) is 8.54. The molecule has 0 nitrogen and oxygen atoms in total. The van der Waals surface area contributed by atoms with E-state index in [1.165, 1.54) is 0 Å². The predicted octanol–water partition coefficient (Wildman–Crippen LogP) is 3.37. The van der Waals surface area contributed by atoms with E-state index in [4.69, 9.17) is 11.6 Å². The summed E-state index contributed by atoms with van der Waals surface area (Å²) in [6, 6.07) is 5.46. The number of alkyl halides is 1. The van der Waals surface area contributed by atoms with Crippen LogP contribution in [0.1, 0.15) is 18.1 Å². The minimum Gasteiger partial charge on any atom is -0.246 e. The molecule has 0 fully saturated rings. The molecule has 0 aliphatic rings. The number of rotatable bonds is 2. The van der Waals surface area contributed by atoms with Gasteiger partial charge in [-0.1, -0.05) is 36.7 Å². The third-order valence-corrected chi connectivity index (χ3v) is 2.17. The third kappa shape index (κ3) is 1.72. The van der Waals surface area contributed by atoms with Gasteiger partial charge in [-0.25, -0.2) is 4.39 Å². The summed E-state index contributed by atoms with van der Waals surface area (Å²) in [7, 11) is 0. The zero-order valence-electron chi connectivity index (χ0n) is 6.40. The van der Waals surface area contributed by atoms with Crippen molar-refractivity contribution in [2.24, 2.45) is 0 Å². The second-order valence-corrected chi connectivity index (χ2v) is 2.76. The van der Waals surface area contributed by atoms with Crippen LogP contribution in [0, 0.1) is 0 Å². The van der Waals surface area contributed by atoms with Crippen molar-refractivity contribution in [3.8, 4) is 0 Å². The summed E-state index contributed by atoms with van der Waals surface area (Å²) in [6.45, 7) is 1.52. The maximum atomic E-state index is 12.2. The molecular formula is C9H10ClF. The second-order valence-electron chi connectivity index (χ2n) is 2.38. The molecule has 0 spiro atoms. The van der Waals surface area contributed by atoms with Crippen LogP contribution in [0.25, 0.3) is 0 Å². The predicted molar refractivity (Wildman–Crippen MR) is 45.6 cm³/mol. The Balaban J connectivity index is 3.10. The summed E-state index contributed by atoms with van der Waals surface area (Å²) < 4.78 is 12.2. The van der Waals surface area contributed by atoms with Gasteiger partial charge in [0, 0.05) is 10.6 Å². The summed E-state index contributed by atoms with van der Waals surface area (Å²) in [6.07, 6.45) is 0.854. The van der Waals surface area contributed by atoms with Gasteiger partial charge in [0.1, 0.15) is 6.67 Å². The SMILES string of the molecule is CCc1cccc(CF)c1Cl. The van der Waals surface area contributed by atoms with Gasteiger partial charge < -0.3 is 0 Å². The number of aryl methyl sites for hydroxylation is 1. The monoisotopic (exact) mass is 172 g/mol. The smallest absolute Gasteiger partial charge is 0.116 e. The van der Waals surface area contributed by atoms with Gasteiger partial charge in [0.25, 0.3) is 0 Å². The highest BCUT2D eigenvalue weighted by Crippen LogP contribution is 2.21. The fraction of sp³-hybridized carbons (Fsp3) is 0.333. The first-order valence-corrected chi connectivity index (χ1v) is 3.99. The molecule has 0 atom stereocenters. The van der Waals surface area contributed by atoms with Crippen molar-refractivity contribution in [3.63, 3.8) is 0 Å². The van der Waals surface area contributed by atoms with E-state index in [-0.39, 0.29) is 0 Å². The molecule has 0 radical (unpaired) electrons. The average Bonchev–Trinajstić information content (AvgIpc) is 2.05. The summed E-state index contributed by atoms with van der Waals surface area (Å²) in [5.41, 5.74) is 1.60. The average molecular weight is 173 g/mol. The van der Waals surface area contributed by atoms with Crippen LogP contribution in [0.2, 0.25) is 5.02 Å². The van der Waals surface area contributed by atoms with Crippen LogP contribution >= 0.6 is 11.6 Å². The molecule has 1 aromatic rings. The number of hydrogen-bond acceptors (Lipinski definition) is 0. The van der Waals surface area contributed by atoms with Gasteiger partial charge in [-0.3, -0.25) is 0 Å². The Hall–Kier alpha value is -0.560. The Morgan fingerprint density at radius 3 is 2.55 bits per heavy atom. The number of hydrogen-bond donors (Lipinski definition) is 0. The minimum absolute atomic E-state index is 0.479. The maximum Gasteiger partial charge on any atom is 0.116 e. The van der Waals surface area contributed by atoms with Gasteiger partial charge in [-0.2, -0.15) is 0 Å². The fourth-order valence-corrected chi connectivity index (χ4v) is 1.32. The molecule has 0 N–H and O–H groups in total. The van der Waals surface area contributed by atoms with E-state index in [0.717, 1.165) is 12.0 Å². The van der Waals surface area contributed by atoms with Crippen LogP contribution in [0.15, 0.2) is 18.2 Å². The Bertz CT molecular complexity index is 223. The van der Waals surface area contributed by atoms with Crippen molar-refractivity contribution in [2.45, 2.75) is 20.0 Å². The lowest BCUT2D eigenvalue weighted by molar-refractivity contribution is 0.485. The van der Waals surface area contributed by atoms with Crippen molar-refractivity contribution < 1.29 is 4.39 Å². The molecule has 1 aromatic carbocycles. The fourth-order valence-electron chi connectivity index (χ4n) is 1.01. The Kier molecular flexibility index (Phi) is 2.89. The van der Waals surface area contributed by atoms with Crippen LogP contribution in [0.4, 0.5) is 4.39 Å². The molecule has 2 heteroatoms. The van der Waals surface area contributed by atoms with Gasteiger partial charge in [-0.15, -0.1) is 0 Å². The molecule has 0 saturated carbocycles. The summed E-state index contributed by atoms with van der Waals surface area (Å²) in [4.78, 5) is 0. The normalized spacial score (nSPS) is 10.1. The highest BCUT2D eigenvalue weighted by molar-refractivity contribution is 6.32. The van der Waals surface area contributed by atoms with Crippen molar-refractivity contribution in [2.75, 3.05) is 0 Å². The summed E-state index contributed by atoms with van der Waals surface area (Å²) in [5.74, 6) is 0. The molecule has 0 saturated heterocycles. The summed E-state index contributed by atoms with van der Waals surface area (Å²) >= 11 is 5.87. The topological polar surface area (TPSA) is 0 Å². The van der Waals surface area contributed by atoms with E-state index in [9.17, 15) is 4.39 Å². The van der Waals surface area contributed by atoms with E-state index in [1.54, 1.807) is 6.07 Å². The Labute approximate surface area is 71.0 Å². The molecule has 0 aliphatic carbocycles. The molecule has 0 bridgehead atoms. The zero-order chi connectivity index (χ0) is 8.27. The molecule has 0 aromatic heterocycles. The van der Waals surface area contributed by atoms with Crippen molar-refractivity contribution in [1.82, 2.24) is 0 Å². The zero-order valence-corrected chi connectivity index (χ0v) is 7.16. The van der Waals surface area contributed by atoms with Crippen molar-refractivity contribution in [1.29, 1.82) is 0 Å². The van der Waals surface area contributed by atoms with Crippen LogP contribution < -0.4 is 0 Å².